The first kappa shape index (κ1) is 24.1. The molecule has 2 atom stereocenters. The van der Waals surface area contributed by atoms with Crippen molar-refractivity contribution in [3.8, 4) is 5.69 Å². The van der Waals surface area contributed by atoms with Gasteiger partial charge in [-0.2, -0.15) is 5.10 Å². The molecule has 1 aromatic heterocycles. The Morgan fingerprint density at radius 3 is 2.76 bits per heavy atom. The summed E-state index contributed by atoms with van der Waals surface area (Å²) in [5.41, 5.74) is 3.79. The van der Waals surface area contributed by atoms with Gasteiger partial charge in [-0.25, -0.2) is 9.07 Å². The van der Waals surface area contributed by atoms with E-state index in [1.165, 1.54) is 6.07 Å². The number of benzene rings is 1. The van der Waals surface area contributed by atoms with E-state index in [2.05, 4.69) is 15.3 Å². The molecule has 0 aliphatic carbocycles. The Balaban J connectivity index is 0.00000150. The summed E-state index contributed by atoms with van der Waals surface area (Å²) in [5.74, 6) is -0.221. The molecule has 2 N–H and O–H groups in total. The van der Waals surface area contributed by atoms with E-state index in [4.69, 9.17) is 0 Å². The average molecular weight is 445 g/mol. The smallest absolute Gasteiger partial charge is 0.123 e. The minimum Gasteiger partial charge on any atom is -0.392 e. The first-order chi connectivity index (χ1) is 13.0. The fourth-order valence-corrected chi connectivity index (χ4v) is 4.81. The van der Waals surface area contributed by atoms with Crippen molar-refractivity contribution in [2.75, 3.05) is 26.2 Å². The van der Waals surface area contributed by atoms with Gasteiger partial charge in [0, 0.05) is 30.7 Å². The highest BCUT2D eigenvalue weighted by molar-refractivity contribution is 5.85. The van der Waals surface area contributed by atoms with E-state index in [0.29, 0.717) is 6.54 Å². The van der Waals surface area contributed by atoms with Gasteiger partial charge in [-0.1, -0.05) is 0 Å². The van der Waals surface area contributed by atoms with Crippen LogP contribution in [0.2, 0.25) is 0 Å². The lowest BCUT2D eigenvalue weighted by atomic mass is 9.72. The Hall–Kier alpha value is -1.18. The second-order valence-electron chi connectivity index (χ2n) is 8.27. The largest absolute Gasteiger partial charge is 0.392 e. The highest BCUT2D eigenvalue weighted by atomic mass is 35.5. The van der Waals surface area contributed by atoms with Crippen LogP contribution in [-0.4, -0.2) is 52.1 Å². The van der Waals surface area contributed by atoms with Gasteiger partial charge in [0.25, 0.3) is 0 Å². The van der Waals surface area contributed by atoms with E-state index in [-0.39, 0.29) is 42.2 Å². The van der Waals surface area contributed by atoms with Crippen molar-refractivity contribution in [1.29, 1.82) is 0 Å². The van der Waals surface area contributed by atoms with Crippen molar-refractivity contribution in [3.05, 3.63) is 47.0 Å². The minimum atomic E-state index is -0.260. The van der Waals surface area contributed by atoms with Gasteiger partial charge >= 0.3 is 0 Å². The zero-order chi connectivity index (χ0) is 19.0. The third-order valence-electron chi connectivity index (χ3n) is 6.14. The predicted octanol–water partition coefficient (Wildman–Crippen LogP) is 3.41. The number of hydrogen-bond donors (Lipinski definition) is 2. The molecule has 4 rings (SSSR count). The average Bonchev–Trinajstić information content (AvgIpc) is 2.96. The Bertz CT molecular complexity index is 827. The summed E-state index contributed by atoms with van der Waals surface area (Å²) in [6, 6.07) is 6.98. The van der Waals surface area contributed by atoms with E-state index in [9.17, 15) is 9.50 Å². The topological polar surface area (TPSA) is 53.3 Å². The van der Waals surface area contributed by atoms with Gasteiger partial charge < -0.3 is 10.4 Å². The van der Waals surface area contributed by atoms with Crippen LogP contribution in [0.1, 0.15) is 36.2 Å². The Kier molecular flexibility index (Phi) is 8.10. The van der Waals surface area contributed by atoms with Gasteiger partial charge in [-0.05, 0) is 76.0 Å². The van der Waals surface area contributed by atoms with Gasteiger partial charge in [-0.3, -0.25) is 4.90 Å². The number of aliphatic hydroxyl groups excluding tert-OH is 1. The molecule has 162 valence electrons. The summed E-state index contributed by atoms with van der Waals surface area (Å²) in [5, 5.41) is 18.7. The summed E-state index contributed by atoms with van der Waals surface area (Å²) < 4.78 is 15.9. The van der Waals surface area contributed by atoms with E-state index >= 15 is 0 Å². The Labute approximate surface area is 184 Å². The maximum atomic E-state index is 14.0. The number of rotatable bonds is 3. The highest BCUT2D eigenvalue weighted by Crippen LogP contribution is 2.37. The molecule has 3 heterocycles. The SMILES string of the molecule is Cc1cc(C)n(-c2ccc(F)cc2CN2CCC[C@]3(CNCC[C@@H]3O)C2)n1.Cl.Cl. The lowest BCUT2D eigenvalue weighted by Crippen LogP contribution is -2.57. The van der Waals surface area contributed by atoms with Crippen LogP contribution in [0.4, 0.5) is 4.39 Å². The summed E-state index contributed by atoms with van der Waals surface area (Å²) in [6.07, 6.45) is 2.66. The molecule has 8 heteroatoms. The van der Waals surface area contributed by atoms with Crippen molar-refractivity contribution in [2.45, 2.75) is 45.8 Å². The summed E-state index contributed by atoms with van der Waals surface area (Å²) in [7, 11) is 0. The van der Waals surface area contributed by atoms with Gasteiger partial charge in [0.15, 0.2) is 0 Å². The van der Waals surface area contributed by atoms with Crippen LogP contribution in [0.25, 0.3) is 5.69 Å². The van der Waals surface area contributed by atoms with Crippen LogP contribution >= 0.6 is 24.8 Å². The fraction of sp³-hybridized carbons (Fsp3) is 0.571. The van der Waals surface area contributed by atoms with Crippen molar-refractivity contribution in [3.63, 3.8) is 0 Å². The second kappa shape index (κ2) is 9.75. The summed E-state index contributed by atoms with van der Waals surface area (Å²) in [4.78, 5) is 2.36. The quantitative estimate of drug-likeness (QED) is 0.761. The number of nitrogens with one attached hydrogen (secondary N) is 1. The van der Waals surface area contributed by atoms with E-state index in [0.717, 1.165) is 68.1 Å². The van der Waals surface area contributed by atoms with E-state index in [1.807, 2.05) is 30.7 Å². The van der Waals surface area contributed by atoms with Crippen molar-refractivity contribution in [2.24, 2.45) is 5.41 Å². The van der Waals surface area contributed by atoms with Crippen molar-refractivity contribution >= 4 is 24.8 Å². The number of likely N-dealkylation sites (tertiary alicyclic amines) is 1. The standard InChI is InChI=1S/C21H29FN4O.2ClH/c1-15-10-16(2)26(24-15)19-5-4-18(22)11-17(19)12-25-9-3-7-21(14-25)13-23-8-6-20(21)27;;/h4-5,10-11,20,23,27H,3,6-9,12-14H2,1-2H3;2*1H/t20-,21-;;/m0../s1. The molecule has 2 aliphatic heterocycles. The van der Waals surface area contributed by atoms with Crippen LogP contribution in [-0.2, 0) is 6.54 Å². The van der Waals surface area contributed by atoms with Crippen LogP contribution < -0.4 is 5.32 Å². The number of aromatic nitrogens is 2. The molecule has 2 aromatic rings. The molecule has 29 heavy (non-hydrogen) atoms. The zero-order valence-electron chi connectivity index (χ0n) is 17.0. The number of piperidine rings is 2. The zero-order valence-corrected chi connectivity index (χ0v) is 18.7. The number of hydrogen-bond acceptors (Lipinski definition) is 4. The monoisotopic (exact) mass is 444 g/mol. The molecule has 0 saturated carbocycles. The van der Waals surface area contributed by atoms with Crippen LogP contribution in [0, 0.1) is 25.1 Å². The molecule has 1 spiro atoms. The van der Waals surface area contributed by atoms with Gasteiger partial charge in [0.2, 0.25) is 0 Å². The Morgan fingerprint density at radius 2 is 2.07 bits per heavy atom. The molecular weight excluding hydrogens is 414 g/mol. The fourth-order valence-electron chi connectivity index (χ4n) is 4.81. The molecule has 1 aromatic carbocycles. The van der Waals surface area contributed by atoms with Gasteiger partial charge in [0.1, 0.15) is 5.82 Å². The van der Waals surface area contributed by atoms with Crippen LogP contribution in [0.5, 0.6) is 0 Å². The lowest BCUT2D eigenvalue weighted by molar-refractivity contribution is -0.0514. The third-order valence-corrected chi connectivity index (χ3v) is 6.14. The Morgan fingerprint density at radius 1 is 1.28 bits per heavy atom. The molecule has 0 amide bonds. The summed E-state index contributed by atoms with van der Waals surface area (Å²) >= 11 is 0. The number of aliphatic hydroxyl groups is 1. The molecule has 2 saturated heterocycles. The number of halogens is 3. The molecule has 0 unspecified atom stereocenters. The van der Waals surface area contributed by atoms with Gasteiger partial charge in [-0.15, -0.1) is 24.8 Å². The lowest BCUT2D eigenvalue weighted by Gasteiger charge is -2.48. The third kappa shape index (κ3) is 4.94. The molecule has 2 fully saturated rings. The number of nitrogens with zero attached hydrogens (tertiary/aromatic N) is 3. The maximum Gasteiger partial charge on any atom is 0.123 e. The molecule has 5 nitrogen and oxygen atoms in total. The molecular formula is C21H31Cl2FN4O. The van der Waals surface area contributed by atoms with Crippen LogP contribution in [0.15, 0.2) is 24.3 Å². The first-order valence-corrected chi connectivity index (χ1v) is 9.90. The first-order valence-electron chi connectivity index (χ1n) is 9.90. The van der Waals surface area contributed by atoms with Gasteiger partial charge in [0.05, 0.1) is 17.5 Å². The highest BCUT2D eigenvalue weighted by Gasteiger charge is 2.43. The van der Waals surface area contributed by atoms with Crippen LogP contribution in [0.3, 0.4) is 0 Å². The normalized spacial score (nSPS) is 24.8. The second-order valence-corrected chi connectivity index (χ2v) is 8.27. The summed E-state index contributed by atoms with van der Waals surface area (Å²) in [6.45, 7) is 8.22. The van der Waals surface area contributed by atoms with E-state index in [1.54, 1.807) is 6.07 Å². The van der Waals surface area contributed by atoms with E-state index < -0.39 is 0 Å². The minimum absolute atomic E-state index is 0. The predicted molar refractivity (Wildman–Crippen MR) is 118 cm³/mol. The molecule has 0 radical (unpaired) electrons. The van der Waals surface area contributed by atoms with Crippen molar-refractivity contribution in [1.82, 2.24) is 20.0 Å². The van der Waals surface area contributed by atoms with Crippen molar-refractivity contribution < 1.29 is 9.50 Å². The molecule has 2 aliphatic rings. The number of aryl methyl sites for hydroxylation is 2. The maximum absolute atomic E-state index is 14.0. The molecule has 0 bridgehead atoms.